The summed E-state index contributed by atoms with van der Waals surface area (Å²) in [5.41, 5.74) is 7.78. The summed E-state index contributed by atoms with van der Waals surface area (Å²) in [6.07, 6.45) is 15.9. The number of rotatable bonds is 8. The van der Waals surface area contributed by atoms with Crippen LogP contribution in [-0.2, 0) is 17.8 Å². The van der Waals surface area contributed by atoms with E-state index in [-0.39, 0.29) is 0 Å². The zero-order valence-electron chi connectivity index (χ0n) is 20.2. The summed E-state index contributed by atoms with van der Waals surface area (Å²) >= 11 is 0. The van der Waals surface area contributed by atoms with E-state index in [2.05, 4.69) is 69.2 Å². The Kier molecular flexibility index (Phi) is 7.02. The van der Waals surface area contributed by atoms with Gasteiger partial charge in [-0.15, -0.1) is 0 Å². The highest BCUT2D eigenvalue weighted by Gasteiger charge is 2.13. The van der Waals surface area contributed by atoms with Crippen LogP contribution in [0.5, 0.6) is 0 Å². The number of H-pyrrole nitrogens is 1. The van der Waals surface area contributed by atoms with E-state index in [1.165, 1.54) is 11.1 Å². The van der Waals surface area contributed by atoms with Gasteiger partial charge in [0.1, 0.15) is 5.65 Å². The number of fused-ring (bicyclic) bond motifs is 1. The number of benzene rings is 1. The third-order valence-corrected chi connectivity index (χ3v) is 6.33. The first-order chi connectivity index (χ1) is 17.2. The van der Waals surface area contributed by atoms with E-state index in [1.807, 2.05) is 48.4 Å². The minimum Gasteiger partial charge on any atom is -0.379 e. The maximum Gasteiger partial charge on any atom is 0.137 e. The first kappa shape index (κ1) is 23.0. The predicted molar refractivity (Wildman–Crippen MR) is 142 cm³/mol. The molecular weight excluding hydrogens is 434 g/mol. The number of morpholine rings is 1. The van der Waals surface area contributed by atoms with E-state index in [0.29, 0.717) is 6.54 Å². The largest absolute Gasteiger partial charge is 0.379 e. The molecule has 4 aromatic rings. The molecule has 1 N–H and O–H groups in total. The zero-order valence-corrected chi connectivity index (χ0v) is 20.2. The van der Waals surface area contributed by atoms with Crippen LogP contribution in [0.15, 0.2) is 91.6 Å². The summed E-state index contributed by atoms with van der Waals surface area (Å²) in [6.45, 7) is 11.1. The van der Waals surface area contributed by atoms with Gasteiger partial charge in [0.15, 0.2) is 0 Å². The Bertz CT molecular complexity index is 1350. The van der Waals surface area contributed by atoms with Gasteiger partial charge in [-0.1, -0.05) is 55.1 Å². The lowest BCUT2D eigenvalue weighted by Gasteiger charge is -2.26. The average molecular weight is 466 g/mol. The van der Waals surface area contributed by atoms with Crippen LogP contribution in [0.4, 0.5) is 0 Å². The molecular formula is C29H31N5O. The number of aromatic nitrogens is 4. The molecule has 1 saturated heterocycles. The van der Waals surface area contributed by atoms with Gasteiger partial charge in [0.2, 0.25) is 0 Å². The second-order valence-corrected chi connectivity index (χ2v) is 8.81. The lowest BCUT2D eigenvalue weighted by molar-refractivity contribution is 0.0342. The first-order valence-corrected chi connectivity index (χ1v) is 12.1. The van der Waals surface area contributed by atoms with E-state index in [0.717, 1.165) is 66.1 Å². The number of hydrogen-bond donors (Lipinski definition) is 1. The molecule has 5 rings (SSSR count). The van der Waals surface area contributed by atoms with Gasteiger partial charge < -0.3 is 9.72 Å². The maximum absolute atomic E-state index is 5.46. The minimum absolute atomic E-state index is 0.693. The van der Waals surface area contributed by atoms with Crippen molar-refractivity contribution in [3.05, 3.63) is 97.1 Å². The molecule has 1 aliphatic heterocycles. The molecule has 4 heterocycles. The van der Waals surface area contributed by atoms with Crippen LogP contribution in [-0.4, -0.2) is 51.0 Å². The fraction of sp³-hybridized carbons (Fsp3) is 0.241. The van der Waals surface area contributed by atoms with Crippen molar-refractivity contribution in [2.24, 2.45) is 0 Å². The molecule has 0 amide bonds. The molecule has 6 heteroatoms. The van der Waals surface area contributed by atoms with Crippen molar-refractivity contribution in [2.75, 3.05) is 26.3 Å². The molecule has 0 unspecified atom stereocenters. The second-order valence-electron chi connectivity index (χ2n) is 8.81. The Morgan fingerprint density at radius 2 is 1.94 bits per heavy atom. The Morgan fingerprint density at radius 1 is 1.11 bits per heavy atom. The number of pyridine rings is 1. The molecule has 1 aromatic carbocycles. The van der Waals surface area contributed by atoms with Crippen molar-refractivity contribution >= 4 is 11.0 Å². The van der Waals surface area contributed by atoms with Crippen LogP contribution in [0, 0.1) is 0 Å². The monoisotopic (exact) mass is 465 g/mol. The molecule has 0 saturated carbocycles. The SMILES string of the molecule is C=C/C=C(\C=C/C)Cn1cc(-c2c[nH]c3ncc(-c4ccc(CN5CCOCC5)cc4)cc23)cn1. The van der Waals surface area contributed by atoms with Gasteiger partial charge in [0.25, 0.3) is 0 Å². The van der Waals surface area contributed by atoms with Gasteiger partial charge >= 0.3 is 0 Å². The predicted octanol–water partition coefficient (Wildman–Crippen LogP) is 5.61. The van der Waals surface area contributed by atoms with Crippen molar-refractivity contribution < 1.29 is 4.74 Å². The average Bonchev–Trinajstić information content (AvgIpc) is 3.52. The quantitative estimate of drug-likeness (QED) is 0.344. The van der Waals surface area contributed by atoms with Crippen LogP contribution in [0.3, 0.4) is 0 Å². The van der Waals surface area contributed by atoms with E-state index in [9.17, 15) is 0 Å². The number of allylic oxidation sites excluding steroid dienone is 5. The number of ether oxygens (including phenoxy) is 1. The molecule has 0 aliphatic carbocycles. The summed E-state index contributed by atoms with van der Waals surface area (Å²) in [4.78, 5) is 10.4. The van der Waals surface area contributed by atoms with Crippen LogP contribution < -0.4 is 0 Å². The highest BCUT2D eigenvalue weighted by atomic mass is 16.5. The van der Waals surface area contributed by atoms with Crippen molar-refractivity contribution in [3.8, 4) is 22.3 Å². The highest BCUT2D eigenvalue weighted by molar-refractivity contribution is 5.95. The Labute approximate surface area is 206 Å². The standard InChI is InChI=1S/C29H31N5O/c1-3-5-22(6-4-2)20-34-21-26(17-32-34)28-18-31-29-27(28)15-25(16-30-29)24-9-7-23(8-10-24)19-33-11-13-35-14-12-33/h3-10,15-18,21H,1,11-14,19-20H2,2H3,(H,30,31)/b6-4-,22-5+. The van der Waals surface area contributed by atoms with Crippen LogP contribution >= 0.6 is 0 Å². The molecule has 1 aliphatic rings. The third kappa shape index (κ3) is 5.34. The zero-order chi connectivity index (χ0) is 24.0. The molecule has 178 valence electrons. The molecule has 0 spiro atoms. The van der Waals surface area contributed by atoms with Gasteiger partial charge in [0, 0.05) is 60.3 Å². The van der Waals surface area contributed by atoms with E-state index in [1.54, 1.807) is 0 Å². The maximum atomic E-state index is 5.46. The van der Waals surface area contributed by atoms with Crippen molar-refractivity contribution in [3.63, 3.8) is 0 Å². The molecule has 35 heavy (non-hydrogen) atoms. The molecule has 0 bridgehead atoms. The summed E-state index contributed by atoms with van der Waals surface area (Å²) in [7, 11) is 0. The van der Waals surface area contributed by atoms with Gasteiger partial charge in [0.05, 0.1) is 26.0 Å². The molecule has 3 aromatic heterocycles. The van der Waals surface area contributed by atoms with Crippen LogP contribution in [0.25, 0.3) is 33.3 Å². The van der Waals surface area contributed by atoms with Crippen LogP contribution in [0.1, 0.15) is 12.5 Å². The Hall–Kier alpha value is -3.74. The molecule has 0 radical (unpaired) electrons. The summed E-state index contributed by atoms with van der Waals surface area (Å²) in [5, 5.41) is 5.68. The number of nitrogens with zero attached hydrogens (tertiary/aromatic N) is 4. The van der Waals surface area contributed by atoms with E-state index >= 15 is 0 Å². The van der Waals surface area contributed by atoms with Crippen molar-refractivity contribution in [2.45, 2.75) is 20.0 Å². The van der Waals surface area contributed by atoms with E-state index < -0.39 is 0 Å². The Balaban J connectivity index is 1.37. The summed E-state index contributed by atoms with van der Waals surface area (Å²) in [6, 6.07) is 11.0. The summed E-state index contributed by atoms with van der Waals surface area (Å²) in [5.74, 6) is 0. The van der Waals surface area contributed by atoms with Gasteiger partial charge in [-0.05, 0) is 29.7 Å². The molecule has 1 fully saturated rings. The van der Waals surface area contributed by atoms with Crippen LogP contribution in [0.2, 0.25) is 0 Å². The van der Waals surface area contributed by atoms with Gasteiger partial charge in [-0.3, -0.25) is 9.58 Å². The van der Waals surface area contributed by atoms with E-state index in [4.69, 9.17) is 4.74 Å². The number of aromatic amines is 1. The van der Waals surface area contributed by atoms with Crippen molar-refractivity contribution in [1.82, 2.24) is 24.6 Å². The lowest BCUT2D eigenvalue weighted by Crippen LogP contribution is -2.35. The fourth-order valence-electron chi connectivity index (χ4n) is 4.52. The fourth-order valence-corrected chi connectivity index (χ4v) is 4.52. The summed E-state index contributed by atoms with van der Waals surface area (Å²) < 4.78 is 7.41. The smallest absolute Gasteiger partial charge is 0.137 e. The van der Waals surface area contributed by atoms with Crippen molar-refractivity contribution in [1.29, 1.82) is 0 Å². The first-order valence-electron chi connectivity index (χ1n) is 12.1. The normalized spacial score (nSPS) is 15.3. The topological polar surface area (TPSA) is 59.0 Å². The minimum atomic E-state index is 0.693. The Morgan fingerprint density at radius 3 is 2.71 bits per heavy atom. The highest BCUT2D eigenvalue weighted by Crippen LogP contribution is 2.31. The molecule has 6 nitrogen and oxygen atoms in total. The molecule has 0 atom stereocenters. The number of hydrogen-bond acceptors (Lipinski definition) is 4. The second kappa shape index (κ2) is 10.7. The van der Waals surface area contributed by atoms with Gasteiger partial charge in [-0.25, -0.2) is 4.98 Å². The lowest BCUT2D eigenvalue weighted by atomic mass is 10.0. The number of nitrogens with one attached hydrogen (secondary N) is 1. The third-order valence-electron chi connectivity index (χ3n) is 6.33. The van der Waals surface area contributed by atoms with Gasteiger partial charge in [-0.2, -0.15) is 5.10 Å².